The second kappa shape index (κ2) is 5.02. The van der Waals surface area contributed by atoms with E-state index in [-0.39, 0.29) is 24.9 Å². The van der Waals surface area contributed by atoms with E-state index >= 15 is 0 Å². The first kappa shape index (κ1) is 13.0. The van der Waals surface area contributed by atoms with Gasteiger partial charge in [0.05, 0.1) is 12.1 Å². The van der Waals surface area contributed by atoms with Crippen LogP contribution in [0.4, 0.5) is 4.39 Å². The Labute approximate surface area is 108 Å². The van der Waals surface area contributed by atoms with Crippen LogP contribution in [0, 0.1) is 11.7 Å². The van der Waals surface area contributed by atoms with Gasteiger partial charge in [0, 0.05) is 29.2 Å². The monoisotopic (exact) mass is 303 g/mol. The molecule has 2 rings (SSSR count). The summed E-state index contributed by atoms with van der Waals surface area (Å²) >= 11 is 3.30. The summed E-state index contributed by atoms with van der Waals surface area (Å²) in [5, 5.41) is 9.38. The molecule has 0 radical (unpaired) electrons. The van der Waals surface area contributed by atoms with Crippen molar-refractivity contribution in [2.45, 2.75) is 12.0 Å². The molecule has 1 aliphatic rings. The number of aliphatic hydroxyl groups excluding tert-OH is 1. The van der Waals surface area contributed by atoms with E-state index in [9.17, 15) is 9.50 Å². The topological polar surface area (TPSA) is 55.5 Å². The zero-order chi connectivity index (χ0) is 12.5. The average molecular weight is 304 g/mol. The SMILES string of the molecule is NC1(c2cc(Br)ccc2F)COCCC1CO. The lowest BCUT2D eigenvalue weighted by Gasteiger charge is -2.40. The molecule has 2 unspecified atom stereocenters. The van der Waals surface area contributed by atoms with E-state index in [2.05, 4.69) is 15.9 Å². The number of halogens is 2. The highest BCUT2D eigenvalue weighted by molar-refractivity contribution is 9.10. The van der Waals surface area contributed by atoms with Crippen molar-refractivity contribution in [3.05, 3.63) is 34.1 Å². The van der Waals surface area contributed by atoms with Crippen molar-refractivity contribution >= 4 is 15.9 Å². The second-order valence-electron chi connectivity index (χ2n) is 4.39. The van der Waals surface area contributed by atoms with Crippen LogP contribution in [0.3, 0.4) is 0 Å². The lowest BCUT2D eigenvalue weighted by Crippen LogP contribution is -2.53. The second-order valence-corrected chi connectivity index (χ2v) is 5.30. The van der Waals surface area contributed by atoms with Gasteiger partial charge in [-0.25, -0.2) is 4.39 Å². The summed E-state index contributed by atoms with van der Waals surface area (Å²) in [5.74, 6) is -0.542. The van der Waals surface area contributed by atoms with Crippen LogP contribution in [0.5, 0.6) is 0 Å². The quantitative estimate of drug-likeness (QED) is 0.875. The minimum atomic E-state index is -0.957. The first-order valence-corrected chi connectivity index (χ1v) is 6.30. The summed E-state index contributed by atoms with van der Waals surface area (Å²) in [6.45, 7) is 0.719. The van der Waals surface area contributed by atoms with Crippen LogP contribution in [0.25, 0.3) is 0 Å². The maximum Gasteiger partial charge on any atom is 0.128 e. The van der Waals surface area contributed by atoms with Crippen LogP contribution >= 0.6 is 15.9 Å². The fourth-order valence-corrected chi connectivity index (χ4v) is 2.61. The predicted molar refractivity (Wildman–Crippen MR) is 66.0 cm³/mol. The van der Waals surface area contributed by atoms with Crippen LogP contribution in [-0.4, -0.2) is 24.9 Å². The fourth-order valence-electron chi connectivity index (χ4n) is 2.25. The van der Waals surface area contributed by atoms with Gasteiger partial charge in [0.1, 0.15) is 5.82 Å². The van der Waals surface area contributed by atoms with E-state index in [1.165, 1.54) is 6.07 Å². The summed E-state index contributed by atoms with van der Waals surface area (Å²) in [6.07, 6.45) is 0.638. The number of hydrogen-bond acceptors (Lipinski definition) is 3. The van der Waals surface area contributed by atoms with E-state index in [0.29, 0.717) is 18.6 Å². The van der Waals surface area contributed by atoms with E-state index in [0.717, 1.165) is 4.47 Å². The van der Waals surface area contributed by atoms with Gasteiger partial charge in [-0.15, -0.1) is 0 Å². The summed E-state index contributed by atoms with van der Waals surface area (Å²) in [5.41, 5.74) is 5.70. The Balaban J connectivity index is 2.44. The summed E-state index contributed by atoms with van der Waals surface area (Å²) in [6, 6.07) is 4.66. The molecule has 94 valence electrons. The molecule has 0 bridgehead atoms. The molecule has 0 aliphatic carbocycles. The highest BCUT2D eigenvalue weighted by Gasteiger charge is 2.41. The third kappa shape index (κ3) is 2.38. The van der Waals surface area contributed by atoms with E-state index in [1.54, 1.807) is 12.1 Å². The van der Waals surface area contributed by atoms with Crippen molar-refractivity contribution in [1.82, 2.24) is 0 Å². The maximum atomic E-state index is 13.9. The van der Waals surface area contributed by atoms with Crippen molar-refractivity contribution in [1.29, 1.82) is 0 Å². The van der Waals surface area contributed by atoms with Gasteiger partial charge in [0.25, 0.3) is 0 Å². The molecular formula is C12H15BrFNO2. The summed E-state index contributed by atoms with van der Waals surface area (Å²) < 4.78 is 20.0. The third-order valence-electron chi connectivity index (χ3n) is 3.33. The lowest BCUT2D eigenvalue weighted by atomic mass is 9.76. The molecule has 2 atom stereocenters. The molecule has 0 saturated carbocycles. The minimum absolute atomic E-state index is 0.0637. The van der Waals surface area contributed by atoms with Gasteiger partial charge in [0.2, 0.25) is 0 Å². The van der Waals surface area contributed by atoms with Crippen LogP contribution in [0.1, 0.15) is 12.0 Å². The molecule has 0 spiro atoms. The molecule has 1 aliphatic heterocycles. The highest BCUT2D eigenvalue weighted by atomic mass is 79.9. The summed E-state index contributed by atoms with van der Waals surface area (Å²) in [7, 11) is 0. The molecular weight excluding hydrogens is 289 g/mol. The van der Waals surface area contributed by atoms with Crippen LogP contribution < -0.4 is 5.73 Å². The number of hydrogen-bond donors (Lipinski definition) is 2. The molecule has 1 heterocycles. The van der Waals surface area contributed by atoms with Gasteiger partial charge in [-0.05, 0) is 24.6 Å². The Hall–Kier alpha value is -0.490. The van der Waals surface area contributed by atoms with Crippen molar-refractivity contribution in [2.75, 3.05) is 19.8 Å². The molecule has 1 aromatic rings. The van der Waals surface area contributed by atoms with Crippen molar-refractivity contribution < 1.29 is 14.2 Å². The molecule has 3 nitrogen and oxygen atoms in total. The first-order valence-electron chi connectivity index (χ1n) is 5.51. The molecule has 1 aromatic carbocycles. The molecule has 1 saturated heterocycles. The largest absolute Gasteiger partial charge is 0.396 e. The lowest BCUT2D eigenvalue weighted by molar-refractivity contribution is -0.0244. The smallest absolute Gasteiger partial charge is 0.128 e. The normalized spacial score (nSPS) is 29.3. The molecule has 0 amide bonds. The van der Waals surface area contributed by atoms with Gasteiger partial charge in [0.15, 0.2) is 0 Å². The van der Waals surface area contributed by atoms with Gasteiger partial charge >= 0.3 is 0 Å². The van der Waals surface area contributed by atoms with Gasteiger partial charge in [-0.1, -0.05) is 15.9 Å². The van der Waals surface area contributed by atoms with Gasteiger partial charge < -0.3 is 15.6 Å². The number of nitrogens with two attached hydrogens (primary N) is 1. The Kier molecular flexibility index (Phi) is 3.82. The van der Waals surface area contributed by atoms with Gasteiger partial charge in [-0.2, -0.15) is 0 Å². The van der Waals surface area contributed by atoms with Crippen molar-refractivity contribution in [3.63, 3.8) is 0 Å². The van der Waals surface area contributed by atoms with E-state index in [1.807, 2.05) is 0 Å². The standard InChI is InChI=1S/C12H15BrFNO2/c13-9-1-2-11(14)10(5-9)12(15)7-17-4-3-8(12)6-16/h1-2,5,8,16H,3-4,6-7,15H2. The molecule has 0 aromatic heterocycles. The average Bonchev–Trinajstić information content (AvgIpc) is 2.33. The van der Waals surface area contributed by atoms with E-state index < -0.39 is 5.54 Å². The minimum Gasteiger partial charge on any atom is -0.396 e. The van der Waals surface area contributed by atoms with Crippen LogP contribution in [-0.2, 0) is 10.3 Å². The van der Waals surface area contributed by atoms with Crippen LogP contribution in [0.2, 0.25) is 0 Å². The Morgan fingerprint density at radius 2 is 2.35 bits per heavy atom. The Bertz CT molecular complexity index is 415. The molecule has 3 N–H and O–H groups in total. The van der Waals surface area contributed by atoms with Crippen LogP contribution in [0.15, 0.2) is 22.7 Å². The molecule has 17 heavy (non-hydrogen) atoms. The zero-order valence-electron chi connectivity index (χ0n) is 9.33. The number of aliphatic hydroxyl groups is 1. The maximum absolute atomic E-state index is 13.9. The third-order valence-corrected chi connectivity index (χ3v) is 3.82. The van der Waals surface area contributed by atoms with Crippen molar-refractivity contribution in [2.24, 2.45) is 11.7 Å². The fraction of sp³-hybridized carbons (Fsp3) is 0.500. The molecule has 5 heteroatoms. The Morgan fingerprint density at radius 3 is 3.06 bits per heavy atom. The number of rotatable bonds is 2. The zero-order valence-corrected chi connectivity index (χ0v) is 10.9. The Morgan fingerprint density at radius 1 is 1.59 bits per heavy atom. The summed E-state index contributed by atoms with van der Waals surface area (Å²) in [4.78, 5) is 0. The van der Waals surface area contributed by atoms with Gasteiger partial charge in [-0.3, -0.25) is 0 Å². The molecule has 1 fully saturated rings. The van der Waals surface area contributed by atoms with E-state index in [4.69, 9.17) is 10.5 Å². The van der Waals surface area contributed by atoms with Crippen molar-refractivity contribution in [3.8, 4) is 0 Å². The first-order chi connectivity index (χ1) is 8.08. The number of ether oxygens (including phenoxy) is 1. The number of benzene rings is 1. The highest BCUT2D eigenvalue weighted by Crippen LogP contribution is 2.35. The predicted octanol–water partition coefficient (Wildman–Crippen LogP) is 1.77.